The molecule has 2 aromatic heterocycles. The van der Waals surface area contributed by atoms with Crippen molar-refractivity contribution in [2.75, 3.05) is 27.2 Å². The highest BCUT2D eigenvalue weighted by Gasteiger charge is 2.36. The number of rotatable bonds is 13. The molecule has 2 aromatic carbocycles. The van der Waals surface area contributed by atoms with Gasteiger partial charge in [0.1, 0.15) is 11.6 Å². The first-order valence-electron chi connectivity index (χ1n) is 18.4. The van der Waals surface area contributed by atoms with Crippen molar-refractivity contribution in [3.8, 4) is 33.6 Å². The van der Waals surface area contributed by atoms with E-state index in [1.807, 2.05) is 36.3 Å². The molecule has 50 heavy (non-hydrogen) atoms. The van der Waals surface area contributed by atoms with Crippen molar-refractivity contribution in [3.05, 3.63) is 72.6 Å². The smallest absolute Gasteiger partial charge is 0.240 e. The molecule has 0 bridgehead atoms. The van der Waals surface area contributed by atoms with E-state index in [1.54, 1.807) is 0 Å². The van der Waals surface area contributed by atoms with Crippen LogP contribution in [0, 0.1) is 11.8 Å². The summed E-state index contributed by atoms with van der Waals surface area (Å²) in [5.74, 6) is 2.92. The van der Waals surface area contributed by atoms with Crippen LogP contribution in [-0.4, -0.2) is 80.8 Å². The van der Waals surface area contributed by atoms with E-state index in [9.17, 15) is 9.59 Å². The Labute approximate surface area is 296 Å². The molecule has 2 fully saturated rings. The highest BCUT2D eigenvalue weighted by Crippen LogP contribution is 2.35. The fourth-order valence-electron chi connectivity index (χ4n) is 7.64. The number of amides is 2. The molecule has 4 heterocycles. The number of carbonyl (C=O) groups excluding carboxylic acids is 2. The molecular weight excluding hydrogens is 624 g/mol. The highest BCUT2D eigenvalue weighted by atomic mass is 16.2. The molecule has 4 aromatic rings. The van der Waals surface area contributed by atoms with Crippen molar-refractivity contribution in [3.63, 3.8) is 0 Å². The summed E-state index contributed by atoms with van der Waals surface area (Å²) < 4.78 is 0. The van der Waals surface area contributed by atoms with Gasteiger partial charge in [0.2, 0.25) is 11.8 Å². The summed E-state index contributed by atoms with van der Waals surface area (Å²) in [6, 6.07) is 16.6. The highest BCUT2D eigenvalue weighted by molar-refractivity contribution is 5.83. The second kappa shape index (κ2) is 15.7. The van der Waals surface area contributed by atoms with E-state index < -0.39 is 0 Å². The lowest BCUT2D eigenvalue weighted by atomic mass is 10.0. The van der Waals surface area contributed by atoms with Crippen LogP contribution in [0.5, 0.6) is 0 Å². The van der Waals surface area contributed by atoms with Crippen molar-refractivity contribution in [2.24, 2.45) is 11.8 Å². The Hall–Kier alpha value is -4.28. The van der Waals surface area contributed by atoms with Crippen LogP contribution in [0.3, 0.4) is 0 Å². The number of benzene rings is 2. The molecule has 1 unspecified atom stereocenters. The Kier molecular flexibility index (Phi) is 11.2. The monoisotopic (exact) mass is 678 g/mol. The Morgan fingerprint density at radius 1 is 0.740 bits per heavy atom. The zero-order valence-corrected chi connectivity index (χ0v) is 30.5. The molecule has 2 aliphatic heterocycles. The lowest BCUT2D eigenvalue weighted by Crippen LogP contribution is -2.45. The van der Waals surface area contributed by atoms with Crippen molar-refractivity contribution in [1.82, 2.24) is 40.4 Å². The molecular formula is C40H54N8O2. The lowest BCUT2D eigenvalue weighted by Gasteiger charge is -2.28. The number of aromatic nitrogens is 4. The number of likely N-dealkylation sites (tertiary alicyclic amines) is 2. The van der Waals surface area contributed by atoms with Crippen LogP contribution in [0.25, 0.3) is 33.6 Å². The molecule has 0 spiro atoms. The maximum absolute atomic E-state index is 13.4. The van der Waals surface area contributed by atoms with Gasteiger partial charge in [-0.25, -0.2) is 9.97 Å². The third-order valence-electron chi connectivity index (χ3n) is 10.3. The largest absolute Gasteiger partial charge is 0.346 e. The molecule has 2 saturated heterocycles. The summed E-state index contributed by atoms with van der Waals surface area (Å²) in [5.41, 5.74) is 6.17. The zero-order chi connectivity index (χ0) is 35.4. The summed E-state index contributed by atoms with van der Waals surface area (Å²) in [4.78, 5) is 47.4. The molecule has 2 aliphatic rings. The van der Waals surface area contributed by atoms with Crippen molar-refractivity contribution >= 4 is 11.8 Å². The fourth-order valence-corrected chi connectivity index (χ4v) is 7.64. The molecule has 6 rings (SSSR count). The number of H-pyrrole nitrogens is 2. The van der Waals surface area contributed by atoms with Gasteiger partial charge in [0, 0.05) is 24.8 Å². The van der Waals surface area contributed by atoms with E-state index in [1.165, 1.54) is 0 Å². The third-order valence-corrected chi connectivity index (χ3v) is 10.3. The second-order valence-electron chi connectivity index (χ2n) is 14.8. The molecule has 4 atom stereocenters. The summed E-state index contributed by atoms with van der Waals surface area (Å²) in [6.45, 7) is 10.1. The predicted octanol–water partition coefficient (Wildman–Crippen LogP) is 6.73. The Morgan fingerprint density at radius 2 is 1.22 bits per heavy atom. The number of likely N-dealkylation sites (N-methyl/N-ethyl adjacent to an activating group) is 2. The van der Waals surface area contributed by atoms with Gasteiger partial charge in [-0.3, -0.25) is 9.59 Å². The summed E-state index contributed by atoms with van der Waals surface area (Å²) in [7, 11) is 3.75. The van der Waals surface area contributed by atoms with Crippen LogP contribution in [0.4, 0.5) is 0 Å². The molecule has 0 saturated carbocycles. The van der Waals surface area contributed by atoms with E-state index in [0.717, 1.165) is 96.9 Å². The van der Waals surface area contributed by atoms with Crippen LogP contribution in [-0.2, 0) is 9.59 Å². The van der Waals surface area contributed by atoms with Gasteiger partial charge in [-0.1, -0.05) is 76.2 Å². The van der Waals surface area contributed by atoms with E-state index in [-0.39, 0.29) is 36.0 Å². The van der Waals surface area contributed by atoms with E-state index in [4.69, 9.17) is 9.97 Å². The molecule has 2 amide bonds. The third kappa shape index (κ3) is 7.71. The maximum atomic E-state index is 13.4. The number of hydrogen-bond acceptors (Lipinski definition) is 6. The molecule has 10 nitrogen and oxygen atoms in total. The average molecular weight is 679 g/mol. The number of nitrogens with one attached hydrogen (secondary N) is 4. The number of hydrogen-bond donors (Lipinski definition) is 4. The van der Waals surface area contributed by atoms with Gasteiger partial charge in [-0.05, 0) is 81.1 Å². The standard InChI is InChI=1S/C40H54N8O2/c1-25(2)21-31(41-5)39(49)47-19-7-9-35(47)37-43-23-33(45-37)29-15-11-27(12-16-29)28-13-17-30(18-14-28)34-24-44-38(46-34)36-10-8-20-48(36)40(50)32(42-6)22-26(3)4/h11-18,23-26,31-32,35-36,41-42H,7-10,19-22H2,1-6H3,(H,43,45)(H,44,46)/t31-,32-,35-,36?/m0/s1. The fraction of sp³-hybridized carbons (Fsp3) is 0.500. The summed E-state index contributed by atoms with van der Waals surface area (Å²) in [6.07, 6.45) is 9.27. The molecule has 10 heteroatoms. The van der Waals surface area contributed by atoms with Crippen LogP contribution in [0.2, 0.25) is 0 Å². The zero-order valence-electron chi connectivity index (χ0n) is 30.5. The number of carbonyl (C=O) groups is 2. The normalized spacial score (nSPS) is 19.1. The topological polar surface area (TPSA) is 122 Å². The average Bonchev–Trinajstić information content (AvgIpc) is 3.95. The van der Waals surface area contributed by atoms with Crippen LogP contribution in [0.15, 0.2) is 60.9 Å². The van der Waals surface area contributed by atoms with E-state index >= 15 is 0 Å². The molecule has 4 N–H and O–H groups in total. The second-order valence-corrected chi connectivity index (χ2v) is 14.8. The quantitative estimate of drug-likeness (QED) is 0.124. The number of nitrogens with zero attached hydrogens (tertiary/aromatic N) is 4. The van der Waals surface area contributed by atoms with Gasteiger partial charge in [-0.15, -0.1) is 0 Å². The van der Waals surface area contributed by atoms with Gasteiger partial charge < -0.3 is 30.4 Å². The maximum Gasteiger partial charge on any atom is 0.240 e. The number of imidazole rings is 2. The Bertz CT molecular complexity index is 1600. The lowest BCUT2D eigenvalue weighted by molar-refractivity contribution is -0.135. The van der Waals surface area contributed by atoms with Gasteiger partial charge in [0.15, 0.2) is 0 Å². The van der Waals surface area contributed by atoms with Gasteiger partial charge in [-0.2, -0.15) is 0 Å². The summed E-state index contributed by atoms with van der Waals surface area (Å²) >= 11 is 0. The molecule has 0 radical (unpaired) electrons. The SMILES string of the molecule is CN[C@@H](CC(C)C)C(=O)N1CCCC1c1ncc(-c2ccc(-c3ccc(-c4c[nH]c([C@@H]5CCCN5C(=O)[C@H](CC(C)C)NC)n4)cc3)cc2)[nH]1. The number of aromatic amines is 2. The minimum Gasteiger partial charge on any atom is -0.346 e. The minimum absolute atomic E-state index is 0.0250. The van der Waals surface area contributed by atoms with Crippen LogP contribution in [0.1, 0.15) is 90.0 Å². The first-order valence-corrected chi connectivity index (χ1v) is 18.4. The van der Waals surface area contributed by atoms with E-state index in [0.29, 0.717) is 11.8 Å². The van der Waals surface area contributed by atoms with Crippen LogP contribution < -0.4 is 10.6 Å². The Balaban J connectivity index is 1.10. The predicted molar refractivity (Wildman–Crippen MR) is 199 cm³/mol. The molecule has 266 valence electrons. The van der Waals surface area contributed by atoms with Gasteiger partial charge >= 0.3 is 0 Å². The van der Waals surface area contributed by atoms with Gasteiger partial charge in [0.25, 0.3) is 0 Å². The minimum atomic E-state index is -0.172. The van der Waals surface area contributed by atoms with Gasteiger partial charge in [0.05, 0.1) is 41.8 Å². The first-order chi connectivity index (χ1) is 24.2. The van der Waals surface area contributed by atoms with Crippen molar-refractivity contribution in [1.29, 1.82) is 0 Å². The Morgan fingerprint density at radius 3 is 1.72 bits per heavy atom. The van der Waals surface area contributed by atoms with Crippen LogP contribution >= 0.6 is 0 Å². The van der Waals surface area contributed by atoms with E-state index in [2.05, 4.69) is 96.8 Å². The van der Waals surface area contributed by atoms with Crippen molar-refractivity contribution in [2.45, 2.75) is 90.4 Å². The van der Waals surface area contributed by atoms with Crippen molar-refractivity contribution < 1.29 is 9.59 Å². The first kappa shape index (κ1) is 35.5. The molecule has 0 aliphatic carbocycles. The summed E-state index contributed by atoms with van der Waals surface area (Å²) in [5, 5.41) is 6.46.